The van der Waals surface area contributed by atoms with Crippen LogP contribution >= 0.6 is 0 Å². The summed E-state index contributed by atoms with van der Waals surface area (Å²) in [5.74, 6) is 0. The number of pyridine rings is 1. The van der Waals surface area contributed by atoms with Gasteiger partial charge in [0.05, 0.1) is 17.3 Å². The van der Waals surface area contributed by atoms with Crippen LogP contribution in [0, 0.1) is 11.3 Å². The van der Waals surface area contributed by atoms with Crippen molar-refractivity contribution in [2.24, 2.45) is 0 Å². The highest BCUT2D eigenvalue weighted by Gasteiger charge is 2.21. The van der Waals surface area contributed by atoms with Gasteiger partial charge < -0.3 is 4.90 Å². The molecule has 0 saturated carbocycles. The molecule has 0 spiro atoms. The van der Waals surface area contributed by atoms with Crippen LogP contribution in [0.25, 0.3) is 0 Å². The molecular weight excluding hydrogens is 296 g/mol. The van der Waals surface area contributed by atoms with Crippen LogP contribution in [0.2, 0.25) is 0 Å². The summed E-state index contributed by atoms with van der Waals surface area (Å²) in [7, 11) is 2.21. The van der Waals surface area contributed by atoms with Gasteiger partial charge in [-0.25, -0.2) is 0 Å². The summed E-state index contributed by atoms with van der Waals surface area (Å²) < 4.78 is 0. The third kappa shape index (κ3) is 4.12. The van der Waals surface area contributed by atoms with E-state index >= 15 is 0 Å². The van der Waals surface area contributed by atoms with E-state index in [1.165, 1.54) is 18.5 Å². The number of aromatic nitrogens is 1. The number of hydrogen-bond acceptors (Lipinski definition) is 4. The third-order valence-corrected chi connectivity index (χ3v) is 4.82. The fourth-order valence-corrected chi connectivity index (χ4v) is 3.40. The van der Waals surface area contributed by atoms with Crippen LogP contribution in [-0.4, -0.2) is 36.1 Å². The van der Waals surface area contributed by atoms with E-state index in [1.54, 1.807) is 0 Å². The van der Waals surface area contributed by atoms with Crippen molar-refractivity contribution in [3.8, 4) is 6.07 Å². The fourth-order valence-electron chi connectivity index (χ4n) is 3.40. The van der Waals surface area contributed by atoms with Crippen molar-refractivity contribution in [2.45, 2.75) is 31.8 Å². The molecule has 2 heterocycles. The number of nitriles is 1. The molecule has 1 aliphatic rings. The van der Waals surface area contributed by atoms with E-state index in [-0.39, 0.29) is 0 Å². The molecule has 0 aliphatic carbocycles. The van der Waals surface area contributed by atoms with Crippen LogP contribution in [0.5, 0.6) is 0 Å². The summed E-state index contributed by atoms with van der Waals surface area (Å²) in [5.41, 5.74) is 3.08. The minimum atomic E-state index is 0.593. The van der Waals surface area contributed by atoms with E-state index in [0.717, 1.165) is 37.3 Å². The molecule has 0 bridgehead atoms. The van der Waals surface area contributed by atoms with Gasteiger partial charge in [0.15, 0.2) is 0 Å². The molecule has 1 aliphatic heterocycles. The molecule has 4 heteroatoms. The summed E-state index contributed by atoms with van der Waals surface area (Å²) in [4.78, 5) is 9.31. The Hall–Kier alpha value is -2.38. The van der Waals surface area contributed by atoms with E-state index in [1.807, 2.05) is 24.4 Å². The number of rotatable bonds is 4. The van der Waals surface area contributed by atoms with Crippen LogP contribution in [-0.2, 0) is 6.54 Å². The van der Waals surface area contributed by atoms with Crippen molar-refractivity contribution >= 4 is 5.69 Å². The van der Waals surface area contributed by atoms with Crippen LogP contribution in [0.4, 0.5) is 5.69 Å². The van der Waals surface area contributed by atoms with Crippen LogP contribution in [0.15, 0.2) is 48.7 Å². The van der Waals surface area contributed by atoms with E-state index < -0.39 is 0 Å². The Morgan fingerprint density at radius 1 is 1.17 bits per heavy atom. The smallest absolute Gasteiger partial charge is 0.0991 e. The third-order valence-electron chi connectivity index (χ3n) is 4.82. The summed E-state index contributed by atoms with van der Waals surface area (Å²) in [6, 6.07) is 16.8. The van der Waals surface area contributed by atoms with Gasteiger partial charge in [-0.3, -0.25) is 9.88 Å². The molecule has 24 heavy (non-hydrogen) atoms. The highest BCUT2D eigenvalue weighted by Crippen LogP contribution is 2.22. The van der Waals surface area contributed by atoms with Crippen molar-refractivity contribution in [3.05, 3.63) is 59.9 Å². The van der Waals surface area contributed by atoms with Crippen LogP contribution in [0.1, 0.15) is 30.5 Å². The lowest BCUT2D eigenvalue weighted by molar-refractivity contribution is 0.215. The van der Waals surface area contributed by atoms with E-state index in [2.05, 4.69) is 52.2 Å². The summed E-state index contributed by atoms with van der Waals surface area (Å²) in [6.07, 6.45) is 5.43. The fraction of sp³-hybridized carbons (Fsp3) is 0.400. The van der Waals surface area contributed by atoms with E-state index in [4.69, 9.17) is 5.26 Å². The zero-order valence-corrected chi connectivity index (χ0v) is 14.2. The van der Waals surface area contributed by atoms with Crippen molar-refractivity contribution in [3.63, 3.8) is 0 Å². The molecule has 1 saturated heterocycles. The summed E-state index contributed by atoms with van der Waals surface area (Å²) >= 11 is 0. The second-order valence-corrected chi connectivity index (χ2v) is 6.47. The van der Waals surface area contributed by atoms with Crippen molar-refractivity contribution in [2.75, 3.05) is 25.0 Å². The largest absolute Gasteiger partial charge is 0.371 e. The summed E-state index contributed by atoms with van der Waals surface area (Å²) in [5, 5.41) is 8.93. The van der Waals surface area contributed by atoms with Crippen LogP contribution < -0.4 is 4.90 Å². The van der Waals surface area contributed by atoms with Gasteiger partial charge >= 0.3 is 0 Å². The average molecular weight is 320 g/mol. The standard InChI is InChI=1S/C20H24N4/c1-23(16-18-5-2-3-12-22-18)19-6-4-13-24(14-11-19)20-9-7-17(15-21)8-10-20/h2-3,5,7-10,12,19H,4,6,11,13-14,16H2,1H3. The molecular formula is C20H24N4. The first kappa shape index (κ1) is 16.5. The highest BCUT2D eigenvalue weighted by atomic mass is 15.2. The maximum atomic E-state index is 8.93. The second kappa shape index (κ2) is 7.94. The Morgan fingerprint density at radius 2 is 2.00 bits per heavy atom. The second-order valence-electron chi connectivity index (χ2n) is 6.47. The van der Waals surface area contributed by atoms with Crippen molar-refractivity contribution in [1.82, 2.24) is 9.88 Å². The molecule has 3 rings (SSSR count). The molecule has 1 aromatic carbocycles. The lowest BCUT2D eigenvalue weighted by Crippen LogP contribution is -2.33. The van der Waals surface area contributed by atoms with Crippen molar-refractivity contribution in [1.29, 1.82) is 5.26 Å². The Morgan fingerprint density at radius 3 is 2.71 bits per heavy atom. The number of anilines is 1. The van der Waals surface area contributed by atoms with Gasteiger partial charge in [0.1, 0.15) is 0 Å². The Balaban J connectivity index is 1.59. The molecule has 1 aromatic heterocycles. The summed E-state index contributed by atoms with van der Waals surface area (Å²) in [6.45, 7) is 3.05. The van der Waals surface area contributed by atoms with Gasteiger partial charge in [-0.05, 0) is 62.7 Å². The van der Waals surface area contributed by atoms with Crippen molar-refractivity contribution < 1.29 is 0 Å². The lowest BCUT2D eigenvalue weighted by atomic mass is 10.1. The zero-order chi connectivity index (χ0) is 16.8. The lowest BCUT2D eigenvalue weighted by Gasteiger charge is -2.27. The molecule has 0 radical (unpaired) electrons. The van der Waals surface area contributed by atoms with Crippen LogP contribution in [0.3, 0.4) is 0 Å². The number of nitrogens with zero attached hydrogens (tertiary/aromatic N) is 4. The predicted molar refractivity (Wildman–Crippen MR) is 96.7 cm³/mol. The first-order valence-electron chi connectivity index (χ1n) is 8.61. The van der Waals surface area contributed by atoms with Gasteiger partial charge in [-0.2, -0.15) is 5.26 Å². The molecule has 1 unspecified atom stereocenters. The minimum absolute atomic E-state index is 0.593. The zero-order valence-electron chi connectivity index (χ0n) is 14.2. The number of hydrogen-bond donors (Lipinski definition) is 0. The Labute approximate surface area is 144 Å². The molecule has 4 nitrogen and oxygen atoms in total. The topological polar surface area (TPSA) is 43.2 Å². The first-order chi connectivity index (χ1) is 11.8. The van der Waals surface area contributed by atoms with Gasteiger partial charge in [-0.1, -0.05) is 6.07 Å². The Bertz CT molecular complexity index is 675. The normalized spacial score (nSPS) is 18.2. The maximum absolute atomic E-state index is 8.93. The number of benzene rings is 1. The van der Waals surface area contributed by atoms with Gasteiger partial charge in [0.2, 0.25) is 0 Å². The van der Waals surface area contributed by atoms with Gasteiger partial charge in [-0.15, -0.1) is 0 Å². The highest BCUT2D eigenvalue weighted by molar-refractivity contribution is 5.49. The quantitative estimate of drug-likeness (QED) is 0.865. The molecule has 2 aromatic rings. The maximum Gasteiger partial charge on any atom is 0.0991 e. The Kier molecular flexibility index (Phi) is 5.45. The molecule has 1 fully saturated rings. The van der Waals surface area contributed by atoms with Gasteiger partial charge in [0.25, 0.3) is 0 Å². The average Bonchev–Trinajstić information content (AvgIpc) is 2.89. The monoisotopic (exact) mass is 320 g/mol. The van der Waals surface area contributed by atoms with E-state index in [0.29, 0.717) is 6.04 Å². The first-order valence-corrected chi connectivity index (χ1v) is 8.61. The molecule has 0 amide bonds. The molecule has 1 atom stereocenters. The molecule has 0 N–H and O–H groups in total. The SMILES string of the molecule is CN(Cc1ccccn1)C1CCCN(c2ccc(C#N)cc2)CC1. The predicted octanol–water partition coefficient (Wildman–Crippen LogP) is 3.44. The minimum Gasteiger partial charge on any atom is -0.371 e. The van der Waals surface area contributed by atoms with Gasteiger partial charge in [0, 0.05) is 37.6 Å². The molecule has 124 valence electrons. The van der Waals surface area contributed by atoms with E-state index in [9.17, 15) is 0 Å².